The lowest BCUT2D eigenvalue weighted by atomic mass is 9.99. The maximum absolute atomic E-state index is 12.0. The number of hydrogen-bond acceptors (Lipinski definition) is 4. The predicted octanol–water partition coefficient (Wildman–Crippen LogP) is 2.69. The number of benzene rings is 1. The smallest absolute Gasteiger partial charge is 0.253 e. The Balaban J connectivity index is 1.48. The molecule has 136 valence electrons. The first kappa shape index (κ1) is 17.9. The predicted molar refractivity (Wildman–Crippen MR) is 102 cm³/mol. The molecular formula is C20H24N4O2. The molecule has 1 aromatic carbocycles. The summed E-state index contributed by atoms with van der Waals surface area (Å²) >= 11 is 0. The molecule has 2 N–H and O–H groups in total. The molecule has 6 heteroatoms. The molecule has 0 radical (unpaired) electrons. The van der Waals surface area contributed by atoms with Gasteiger partial charge in [0.1, 0.15) is 0 Å². The van der Waals surface area contributed by atoms with Crippen LogP contribution in [0.3, 0.4) is 0 Å². The van der Waals surface area contributed by atoms with Crippen LogP contribution < -0.4 is 15.5 Å². The van der Waals surface area contributed by atoms with Crippen LogP contribution in [0.2, 0.25) is 0 Å². The van der Waals surface area contributed by atoms with Gasteiger partial charge in [-0.1, -0.05) is 6.92 Å². The molecule has 0 spiro atoms. The zero-order valence-electron chi connectivity index (χ0n) is 14.9. The van der Waals surface area contributed by atoms with Gasteiger partial charge in [0.05, 0.1) is 12.1 Å². The molecule has 0 bridgehead atoms. The Morgan fingerprint density at radius 3 is 2.54 bits per heavy atom. The standard InChI is InChI=1S/C20H24N4O2/c1-15-8-11-24(12-9-15)18-6-4-17(5-7-18)23-19(25)14-22-20(26)16-3-2-10-21-13-16/h2-7,10,13,15H,8-9,11-12,14H2,1H3,(H,22,26)(H,23,25). The van der Waals surface area contributed by atoms with E-state index < -0.39 is 0 Å². The van der Waals surface area contributed by atoms with E-state index in [2.05, 4.69) is 27.4 Å². The summed E-state index contributed by atoms with van der Waals surface area (Å²) in [6, 6.07) is 11.2. The van der Waals surface area contributed by atoms with Crippen LogP contribution in [0.5, 0.6) is 0 Å². The summed E-state index contributed by atoms with van der Waals surface area (Å²) in [4.78, 5) is 30.2. The molecule has 0 atom stereocenters. The highest BCUT2D eigenvalue weighted by Gasteiger charge is 2.16. The van der Waals surface area contributed by atoms with Gasteiger partial charge in [0.15, 0.2) is 0 Å². The molecule has 1 aliphatic heterocycles. The molecule has 2 heterocycles. The quantitative estimate of drug-likeness (QED) is 0.868. The Labute approximate surface area is 153 Å². The van der Waals surface area contributed by atoms with Crippen molar-refractivity contribution in [3.05, 3.63) is 54.4 Å². The number of carbonyl (C=O) groups excluding carboxylic acids is 2. The van der Waals surface area contributed by atoms with Crippen LogP contribution >= 0.6 is 0 Å². The minimum atomic E-state index is -0.317. The van der Waals surface area contributed by atoms with Crippen LogP contribution in [-0.2, 0) is 4.79 Å². The van der Waals surface area contributed by atoms with E-state index in [1.165, 1.54) is 24.7 Å². The van der Waals surface area contributed by atoms with Crippen molar-refractivity contribution in [3.63, 3.8) is 0 Å². The number of rotatable bonds is 5. The average Bonchev–Trinajstić information content (AvgIpc) is 2.68. The summed E-state index contributed by atoms with van der Waals surface area (Å²) in [5.41, 5.74) is 2.33. The van der Waals surface area contributed by atoms with Gasteiger partial charge in [0.25, 0.3) is 5.91 Å². The average molecular weight is 352 g/mol. The van der Waals surface area contributed by atoms with E-state index in [1.54, 1.807) is 18.3 Å². The third-order valence-electron chi connectivity index (χ3n) is 4.63. The first-order valence-electron chi connectivity index (χ1n) is 8.95. The van der Waals surface area contributed by atoms with Crippen LogP contribution in [-0.4, -0.2) is 36.4 Å². The summed E-state index contributed by atoms with van der Waals surface area (Å²) < 4.78 is 0. The molecular weight excluding hydrogens is 328 g/mol. The van der Waals surface area contributed by atoms with Crippen molar-refractivity contribution in [3.8, 4) is 0 Å². The molecule has 1 fully saturated rings. The SMILES string of the molecule is CC1CCN(c2ccc(NC(=O)CNC(=O)c3cccnc3)cc2)CC1. The van der Waals surface area contributed by atoms with E-state index in [1.807, 2.05) is 24.3 Å². The van der Waals surface area contributed by atoms with Gasteiger partial charge in [-0.15, -0.1) is 0 Å². The van der Waals surface area contributed by atoms with Crippen LogP contribution in [0.4, 0.5) is 11.4 Å². The molecule has 0 saturated carbocycles. The topological polar surface area (TPSA) is 74.3 Å². The summed E-state index contributed by atoms with van der Waals surface area (Å²) in [5, 5.41) is 5.39. The number of carbonyl (C=O) groups is 2. The second kappa shape index (κ2) is 8.47. The molecule has 1 aromatic heterocycles. The maximum Gasteiger partial charge on any atom is 0.253 e. The molecule has 3 rings (SSSR count). The lowest BCUT2D eigenvalue weighted by Gasteiger charge is -2.32. The van der Waals surface area contributed by atoms with Crippen LogP contribution in [0.25, 0.3) is 0 Å². The number of hydrogen-bond donors (Lipinski definition) is 2. The zero-order valence-corrected chi connectivity index (χ0v) is 14.9. The number of pyridine rings is 1. The Hall–Kier alpha value is -2.89. The van der Waals surface area contributed by atoms with Gasteiger partial charge in [-0.25, -0.2) is 0 Å². The van der Waals surface area contributed by atoms with Crippen molar-refractivity contribution in [1.82, 2.24) is 10.3 Å². The first-order valence-corrected chi connectivity index (χ1v) is 8.95. The number of amides is 2. The summed E-state index contributed by atoms with van der Waals surface area (Å²) in [6.45, 7) is 4.36. The highest BCUT2D eigenvalue weighted by atomic mass is 16.2. The number of piperidine rings is 1. The van der Waals surface area contributed by atoms with Gasteiger partial charge in [0.2, 0.25) is 5.91 Å². The van der Waals surface area contributed by atoms with Crippen molar-refractivity contribution in [2.45, 2.75) is 19.8 Å². The van der Waals surface area contributed by atoms with E-state index >= 15 is 0 Å². The Morgan fingerprint density at radius 1 is 1.15 bits per heavy atom. The van der Waals surface area contributed by atoms with Crippen LogP contribution in [0.15, 0.2) is 48.8 Å². The Morgan fingerprint density at radius 2 is 1.88 bits per heavy atom. The molecule has 0 unspecified atom stereocenters. The summed E-state index contributed by atoms with van der Waals surface area (Å²) in [5.74, 6) is 0.219. The molecule has 2 amide bonds. The molecule has 1 aliphatic rings. The molecule has 26 heavy (non-hydrogen) atoms. The lowest BCUT2D eigenvalue weighted by Crippen LogP contribution is -2.33. The first-order chi connectivity index (χ1) is 12.6. The van der Waals surface area contributed by atoms with Gasteiger partial charge >= 0.3 is 0 Å². The number of nitrogens with zero attached hydrogens (tertiary/aromatic N) is 2. The second-order valence-electron chi connectivity index (χ2n) is 6.69. The van der Waals surface area contributed by atoms with Gasteiger partial charge in [0, 0.05) is 36.9 Å². The number of aromatic nitrogens is 1. The van der Waals surface area contributed by atoms with Crippen molar-refractivity contribution >= 4 is 23.2 Å². The largest absolute Gasteiger partial charge is 0.372 e. The molecule has 2 aromatic rings. The normalized spacial score (nSPS) is 14.7. The van der Waals surface area contributed by atoms with Crippen molar-refractivity contribution < 1.29 is 9.59 Å². The van der Waals surface area contributed by atoms with E-state index in [-0.39, 0.29) is 18.4 Å². The van der Waals surface area contributed by atoms with E-state index in [9.17, 15) is 9.59 Å². The van der Waals surface area contributed by atoms with Gasteiger partial charge in [-0.3, -0.25) is 14.6 Å². The van der Waals surface area contributed by atoms with Crippen molar-refractivity contribution in [2.24, 2.45) is 5.92 Å². The summed E-state index contributed by atoms with van der Waals surface area (Å²) in [7, 11) is 0. The molecule has 0 aliphatic carbocycles. The van der Waals surface area contributed by atoms with E-state index in [4.69, 9.17) is 0 Å². The maximum atomic E-state index is 12.0. The minimum Gasteiger partial charge on any atom is -0.372 e. The summed E-state index contributed by atoms with van der Waals surface area (Å²) in [6.07, 6.45) is 5.50. The fourth-order valence-electron chi connectivity index (χ4n) is 2.99. The van der Waals surface area contributed by atoms with Gasteiger partial charge in [-0.2, -0.15) is 0 Å². The zero-order chi connectivity index (χ0) is 18.4. The van der Waals surface area contributed by atoms with Crippen molar-refractivity contribution in [1.29, 1.82) is 0 Å². The Bertz CT molecular complexity index is 738. The van der Waals surface area contributed by atoms with E-state index in [0.717, 1.165) is 24.7 Å². The third kappa shape index (κ3) is 4.81. The monoisotopic (exact) mass is 352 g/mol. The second-order valence-corrected chi connectivity index (χ2v) is 6.69. The number of nitrogens with one attached hydrogen (secondary N) is 2. The fourth-order valence-corrected chi connectivity index (χ4v) is 2.99. The fraction of sp³-hybridized carbons (Fsp3) is 0.350. The minimum absolute atomic E-state index is 0.0838. The molecule has 6 nitrogen and oxygen atoms in total. The number of anilines is 2. The molecule has 1 saturated heterocycles. The van der Waals surface area contributed by atoms with Crippen molar-refractivity contribution in [2.75, 3.05) is 29.9 Å². The third-order valence-corrected chi connectivity index (χ3v) is 4.63. The highest BCUT2D eigenvalue weighted by molar-refractivity contribution is 5.99. The van der Waals surface area contributed by atoms with Gasteiger partial charge in [-0.05, 0) is 55.2 Å². The van der Waals surface area contributed by atoms with E-state index in [0.29, 0.717) is 5.56 Å². The van der Waals surface area contributed by atoms with Crippen LogP contribution in [0, 0.1) is 5.92 Å². The van der Waals surface area contributed by atoms with Gasteiger partial charge < -0.3 is 15.5 Å². The highest BCUT2D eigenvalue weighted by Crippen LogP contribution is 2.24. The lowest BCUT2D eigenvalue weighted by molar-refractivity contribution is -0.115. The van der Waals surface area contributed by atoms with Crippen LogP contribution in [0.1, 0.15) is 30.1 Å². The Kier molecular flexibility index (Phi) is 5.84.